The molecule has 144 valence electrons. The van der Waals surface area contributed by atoms with E-state index in [0.717, 1.165) is 35.7 Å². The molecule has 1 aromatic rings. The number of ketones is 1. The van der Waals surface area contributed by atoms with Crippen LogP contribution in [-0.2, 0) is 11.3 Å². The molecule has 1 fully saturated rings. The second kappa shape index (κ2) is 7.64. The standard InChI is InChI=1S/C20H31N3O3/c1-7-10-22-14(4)11-16(15(22)5)17(24)12-23-18(25)20(6,21-19(23)26)9-8-13(2)3/h11,13H,7-10,12H2,1-6H3,(H,21,26)/t20-/m1/s1. The predicted octanol–water partition coefficient (Wildman–Crippen LogP) is 3.44. The van der Waals surface area contributed by atoms with Gasteiger partial charge in [0.25, 0.3) is 5.91 Å². The van der Waals surface area contributed by atoms with Crippen LogP contribution in [0.4, 0.5) is 4.79 Å². The molecule has 0 saturated carbocycles. The molecule has 26 heavy (non-hydrogen) atoms. The first-order valence-corrected chi connectivity index (χ1v) is 9.44. The Morgan fingerprint density at radius 2 is 1.92 bits per heavy atom. The van der Waals surface area contributed by atoms with Crippen LogP contribution in [0.2, 0.25) is 0 Å². The zero-order valence-electron chi connectivity index (χ0n) is 16.8. The van der Waals surface area contributed by atoms with Crippen molar-refractivity contribution in [2.75, 3.05) is 6.54 Å². The van der Waals surface area contributed by atoms with E-state index in [0.29, 0.717) is 17.9 Å². The van der Waals surface area contributed by atoms with Gasteiger partial charge in [-0.1, -0.05) is 20.8 Å². The summed E-state index contributed by atoms with van der Waals surface area (Å²) < 4.78 is 2.10. The van der Waals surface area contributed by atoms with Crippen molar-refractivity contribution in [2.45, 2.75) is 72.9 Å². The van der Waals surface area contributed by atoms with E-state index in [-0.39, 0.29) is 18.2 Å². The van der Waals surface area contributed by atoms with Gasteiger partial charge < -0.3 is 9.88 Å². The van der Waals surface area contributed by atoms with Crippen LogP contribution in [-0.4, -0.2) is 39.3 Å². The van der Waals surface area contributed by atoms with Crippen LogP contribution in [0.5, 0.6) is 0 Å². The van der Waals surface area contributed by atoms with Crippen LogP contribution in [0.15, 0.2) is 6.07 Å². The molecule has 1 atom stereocenters. The molecular formula is C20H31N3O3. The molecule has 1 aliphatic rings. The van der Waals surface area contributed by atoms with Crippen molar-refractivity contribution in [1.82, 2.24) is 14.8 Å². The van der Waals surface area contributed by atoms with Crippen molar-refractivity contribution in [1.29, 1.82) is 0 Å². The number of nitrogens with zero attached hydrogens (tertiary/aromatic N) is 2. The molecule has 1 saturated heterocycles. The van der Waals surface area contributed by atoms with Gasteiger partial charge in [0.2, 0.25) is 0 Å². The number of carbonyl (C=O) groups is 3. The predicted molar refractivity (Wildman–Crippen MR) is 101 cm³/mol. The van der Waals surface area contributed by atoms with Crippen molar-refractivity contribution in [3.8, 4) is 0 Å². The zero-order valence-corrected chi connectivity index (χ0v) is 16.8. The maximum Gasteiger partial charge on any atom is 0.325 e. The number of imide groups is 1. The fourth-order valence-electron chi connectivity index (χ4n) is 3.52. The summed E-state index contributed by atoms with van der Waals surface area (Å²) in [6.45, 7) is 12.5. The van der Waals surface area contributed by atoms with Gasteiger partial charge in [-0.05, 0) is 52.0 Å². The highest BCUT2D eigenvalue weighted by Crippen LogP contribution is 2.25. The number of nitrogens with one attached hydrogen (secondary N) is 1. The average molecular weight is 361 g/mol. The SMILES string of the molecule is CCCn1c(C)cc(C(=O)CN2C(=O)N[C@](C)(CCC(C)C)C2=O)c1C. The summed E-state index contributed by atoms with van der Waals surface area (Å²) in [7, 11) is 0. The fraction of sp³-hybridized carbons (Fsp3) is 0.650. The van der Waals surface area contributed by atoms with Gasteiger partial charge >= 0.3 is 6.03 Å². The highest BCUT2D eigenvalue weighted by atomic mass is 16.2. The van der Waals surface area contributed by atoms with E-state index in [4.69, 9.17) is 0 Å². The van der Waals surface area contributed by atoms with Crippen molar-refractivity contribution < 1.29 is 14.4 Å². The molecule has 2 heterocycles. The van der Waals surface area contributed by atoms with Gasteiger partial charge in [0.15, 0.2) is 5.78 Å². The van der Waals surface area contributed by atoms with E-state index in [2.05, 4.69) is 30.7 Å². The Balaban J connectivity index is 2.15. The van der Waals surface area contributed by atoms with Crippen LogP contribution < -0.4 is 5.32 Å². The molecule has 0 unspecified atom stereocenters. The molecule has 0 spiro atoms. The number of carbonyl (C=O) groups excluding carboxylic acids is 3. The molecule has 0 aliphatic carbocycles. The Bertz CT molecular complexity index is 720. The summed E-state index contributed by atoms with van der Waals surface area (Å²) in [5, 5.41) is 2.77. The second-order valence-corrected chi connectivity index (χ2v) is 7.95. The molecule has 6 heteroatoms. The summed E-state index contributed by atoms with van der Waals surface area (Å²) in [6, 6.07) is 1.38. The minimum atomic E-state index is -0.916. The third-order valence-electron chi connectivity index (χ3n) is 5.19. The number of rotatable bonds is 8. The molecule has 1 aromatic heterocycles. The fourth-order valence-corrected chi connectivity index (χ4v) is 3.52. The first-order valence-electron chi connectivity index (χ1n) is 9.44. The lowest BCUT2D eigenvalue weighted by molar-refractivity contribution is -0.130. The minimum absolute atomic E-state index is 0.197. The van der Waals surface area contributed by atoms with Crippen molar-refractivity contribution in [3.05, 3.63) is 23.0 Å². The van der Waals surface area contributed by atoms with Crippen LogP contribution in [0.1, 0.15) is 68.7 Å². The van der Waals surface area contributed by atoms with E-state index in [1.807, 2.05) is 19.9 Å². The third-order valence-corrected chi connectivity index (χ3v) is 5.19. The molecule has 3 amide bonds. The van der Waals surface area contributed by atoms with Crippen LogP contribution in [0.25, 0.3) is 0 Å². The number of amides is 3. The summed E-state index contributed by atoms with van der Waals surface area (Å²) >= 11 is 0. The monoisotopic (exact) mass is 361 g/mol. The second-order valence-electron chi connectivity index (χ2n) is 7.95. The first kappa shape index (κ1) is 20.2. The average Bonchev–Trinajstić information content (AvgIpc) is 2.96. The molecule has 0 aromatic carbocycles. The highest BCUT2D eigenvalue weighted by Gasteiger charge is 2.47. The topological polar surface area (TPSA) is 71.4 Å². The van der Waals surface area contributed by atoms with Crippen molar-refractivity contribution >= 4 is 17.7 Å². The lowest BCUT2D eigenvalue weighted by Crippen LogP contribution is -2.44. The van der Waals surface area contributed by atoms with Gasteiger partial charge in [-0.25, -0.2) is 4.79 Å². The maximum atomic E-state index is 12.8. The van der Waals surface area contributed by atoms with Gasteiger partial charge in [0, 0.05) is 23.5 Å². The summed E-state index contributed by atoms with van der Waals surface area (Å²) in [4.78, 5) is 38.9. The molecule has 0 radical (unpaired) electrons. The minimum Gasteiger partial charge on any atom is -0.348 e. The first-order chi connectivity index (χ1) is 12.1. The Morgan fingerprint density at radius 3 is 2.50 bits per heavy atom. The number of aromatic nitrogens is 1. The van der Waals surface area contributed by atoms with Crippen molar-refractivity contribution in [2.24, 2.45) is 5.92 Å². The summed E-state index contributed by atoms with van der Waals surface area (Å²) in [5.74, 6) is -0.0629. The number of hydrogen-bond donors (Lipinski definition) is 1. The van der Waals surface area contributed by atoms with Gasteiger partial charge in [-0.2, -0.15) is 0 Å². The molecule has 6 nitrogen and oxygen atoms in total. The molecule has 1 aliphatic heterocycles. The molecular weight excluding hydrogens is 330 g/mol. The molecule has 1 N–H and O–H groups in total. The third kappa shape index (κ3) is 3.84. The number of Topliss-reactive ketones (excluding diaryl/α,β-unsaturated/α-hetero) is 1. The Morgan fingerprint density at radius 1 is 1.27 bits per heavy atom. The van der Waals surface area contributed by atoms with Crippen molar-refractivity contribution in [3.63, 3.8) is 0 Å². The van der Waals surface area contributed by atoms with Crippen LogP contribution >= 0.6 is 0 Å². The summed E-state index contributed by atoms with van der Waals surface area (Å²) in [6.07, 6.45) is 2.39. The Hall–Kier alpha value is -2.11. The van der Waals surface area contributed by atoms with E-state index in [9.17, 15) is 14.4 Å². The molecule has 2 rings (SSSR count). The number of aryl methyl sites for hydroxylation is 1. The lowest BCUT2D eigenvalue weighted by Gasteiger charge is -2.22. The Labute approximate surface area is 155 Å². The van der Waals surface area contributed by atoms with E-state index in [1.165, 1.54) is 0 Å². The van der Waals surface area contributed by atoms with E-state index < -0.39 is 11.6 Å². The molecule has 0 bridgehead atoms. The lowest BCUT2D eigenvalue weighted by atomic mass is 9.92. The quantitative estimate of drug-likeness (QED) is 0.569. The number of urea groups is 1. The van der Waals surface area contributed by atoms with Gasteiger partial charge in [-0.3, -0.25) is 14.5 Å². The van der Waals surface area contributed by atoms with Gasteiger partial charge in [0.05, 0.1) is 6.54 Å². The van der Waals surface area contributed by atoms with Crippen LogP contribution in [0, 0.1) is 19.8 Å². The Kier molecular flexibility index (Phi) is 5.94. The smallest absolute Gasteiger partial charge is 0.325 e. The van der Waals surface area contributed by atoms with Crippen LogP contribution in [0.3, 0.4) is 0 Å². The van der Waals surface area contributed by atoms with E-state index in [1.54, 1.807) is 6.92 Å². The summed E-state index contributed by atoms with van der Waals surface area (Å²) in [5.41, 5.74) is 1.59. The largest absolute Gasteiger partial charge is 0.348 e. The highest BCUT2D eigenvalue weighted by molar-refractivity contribution is 6.11. The normalized spacial score (nSPS) is 20.2. The number of hydrogen-bond acceptors (Lipinski definition) is 3. The maximum absolute atomic E-state index is 12.8. The van der Waals surface area contributed by atoms with E-state index >= 15 is 0 Å². The zero-order chi connectivity index (χ0) is 19.6. The van der Waals surface area contributed by atoms with Gasteiger partial charge in [0.1, 0.15) is 5.54 Å². The van der Waals surface area contributed by atoms with Gasteiger partial charge in [-0.15, -0.1) is 0 Å².